The standard InChI is InChI=1S/C7H14N2O/c1-2-4-9-5-3-7(6-9)8-10/h10H,2-6H2,1H3/b8-7-. The van der Waals surface area contributed by atoms with E-state index in [9.17, 15) is 0 Å². The Bertz CT molecular complexity index is 134. The number of hydrogen-bond acceptors (Lipinski definition) is 3. The summed E-state index contributed by atoms with van der Waals surface area (Å²) in [5, 5.41) is 11.6. The molecule has 0 aromatic carbocycles. The highest BCUT2D eigenvalue weighted by Gasteiger charge is 2.16. The first-order valence-corrected chi connectivity index (χ1v) is 3.79. The SMILES string of the molecule is CCCN1CC/C(=N/O)C1. The van der Waals surface area contributed by atoms with E-state index in [1.54, 1.807) is 0 Å². The van der Waals surface area contributed by atoms with Gasteiger partial charge in [-0.05, 0) is 13.0 Å². The summed E-state index contributed by atoms with van der Waals surface area (Å²) >= 11 is 0. The van der Waals surface area contributed by atoms with Gasteiger partial charge in [0.05, 0.1) is 5.71 Å². The number of hydrogen-bond donors (Lipinski definition) is 1. The third kappa shape index (κ3) is 1.70. The third-order valence-corrected chi connectivity index (χ3v) is 1.80. The summed E-state index contributed by atoms with van der Waals surface area (Å²) in [6.07, 6.45) is 2.12. The van der Waals surface area contributed by atoms with Crippen LogP contribution in [0.25, 0.3) is 0 Å². The highest BCUT2D eigenvalue weighted by atomic mass is 16.4. The van der Waals surface area contributed by atoms with E-state index in [1.165, 1.54) is 6.42 Å². The van der Waals surface area contributed by atoms with Crippen LogP contribution in [0.15, 0.2) is 5.16 Å². The molecule has 0 unspecified atom stereocenters. The average molecular weight is 142 g/mol. The molecule has 0 aromatic rings. The Balaban J connectivity index is 2.29. The molecule has 3 nitrogen and oxygen atoms in total. The van der Waals surface area contributed by atoms with Gasteiger partial charge in [0.15, 0.2) is 0 Å². The summed E-state index contributed by atoms with van der Waals surface area (Å²) in [6, 6.07) is 0. The molecular formula is C7H14N2O. The van der Waals surface area contributed by atoms with Crippen molar-refractivity contribution in [3.8, 4) is 0 Å². The first-order chi connectivity index (χ1) is 4.86. The topological polar surface area (TPSA) is 35.8 Å². The quantitative estimate of drug-likeness (QED) is 0.460. The lowest BCUT2D eigenvalue weighted by molar-refractivity contribution is 0.314. The van der Waals surface area contributed by atoms with E-state index in [4.69, 9.17) is 5.21 Å². The van der Waals surface area contributed by atoms with Crippen LogP contribution in [0.1, 0.15) is 19.8 Å². The van der Waals surface area contributed by atoms with Gasteiger partial charge in [-0.1, -0.05) is 12.1 Å². The molecule has 1 aliphatic rings. The van der Waals surface area contributed by atoms with E-state index in [0.29, 0.717) is 0 Å². The van der Waals surface area contributed by atoms with Crippen LogP contribution < -0.4 is 0 Å². The molecule has 0 amide bonds. The Labute approximate surface area is 61.3 Å². The lowest BCUT2D eigenvalue weighted by Crippen LogP contribution is -2.21. The van der Waals surface area contributed by atoms with E-state index in [1.807, 2.05) is 0 Å². The fraction of sp³-hybridized carbons (Fsp3) is 0.857. The average Bonchev–Trinajstić information content (AvgIpc) is 2.37. The van der Waals surface area contributed by atoms with Crippen LogP contribution >= 0.6 is 0 Å². The number of oxime groups is 1. The van der Waals surface area contributed by atoms with Crippen molar-refractivity contribution in [2.24, 2.45) is 5.16 Å². The van der Waals surface area contributed by atoms with E-state index < -0.39 is 0 Å². The summed E-state index contributed by atoms with van der Waals surface area (Å²) in [5.41, 5.74) is 0.924. The van der Waals surface area contributed by atoms with Gasteiger partial charge in [-0.3, -0.25) is 4.90 Å². The summed E-state index contributed by atoms with van der Waals surface area (Å²) in [5.74, 6) is 0. The molecule has 0 atom stereocenters. The minimum Gasteiger partial charge on any atom is -0.411 e. The molecule has 0 spiro atoms. The van der Waals surface area contributed by atoms with E-state index in [0.717, 1.165) is 31.8 Å². The smallest absolute Gasteiger partial charge is 0.0723 e. The van der Waals surface area contributed by atoms with Crippen LogP contribution in [0.3, 0.4) is 0 Å². The Morgan fingerprint density at radius 2 is 2.50 bits per heavy atom. The Morgan fingerprint density at radius 1 is 1.70 bits per heavy atom. The molecule has 1 N–H and O–H groups in total. The van der Waals surface area contributed by atoms with Gasteiger partial charge in [0, 0.05) is 19.5 Å². The van der Waals surface area contributed by atoms with Crippen molar-refractivity contribution < 1.29 is 5.21 Å². The number of nitrogens with zero attached hydrogens (tertiary/aromatic N) is 2. The summed E-state index contributed by atoms with van der Waals surface area (Å²) in [7, 11) is 0. The number of rotatable bonds is 2. The largest absolute Gasteiger partial charge is 0.411 e. The van der Waals surface area contributed by atoms with Gasteiger partial charge in [0.2, 0.25) is 0 Å². The van der Waals surface area contributed by atoms with Crippen LogP contribution in [0, 0.1) is 0 Å². The molecule has 10 heavy (non-hydrogen) atoms. The fourth-order valence-corrected chi connectivity index (χ4v) is 1.29. The fourth-order valence-electron chi connectivity index (χ4n) is 1.29. The molecule has 0 saturated carbocycles. The Kier molecular flexibility index (Phi) is 2.68. The minimum absolute atomic E-state index is 0.865. The second-order valence-corrected chi connectivity index (χ2v) is 2.69. The zero-order chi connectivity index (χ0) is 7.40. The molecule has 1 aliphatic heterocycles. The van der Waals surface area contributed by atoms with Crippen molar-refractivity contribution in [2.45, 2.75) is 19.8 Å². The van der Waals surface area contributed by atoms with Crippen LogP contribution in [0.2, 0.25) is 0 Å². The van der Waals surface area contributed by atoms with Gasteiger partial charge in [0.1, 0.15) is 0 Å². The summed E-state index contributed by atoms with van der Waals surface area (Å²) in [6.45, 7) is 5.21. The maximum Gasteiger partial charge on any atom is 0.0723 e. The second kappa shape index (κ2) is 3.56. The first kappa shape index (κ1) is 7.54. The summed E-state index contributed by atoms with van der Waals surface area (Å²) < 4.78 is 0. The Hall–Kier alpha value is -0.570. The van der Waals surface area contributed by atoms with Crippen molar-refractivity contribution in [2.75, 3.05) is 19.6 Å². The monoisotopic (exact) mass is 142 g/mol. The molecule has 3 heteroatoms. The number of likely N-dealkylation sites (tertiary alicyclic amines) is 1. The molecule has 0 aliphatic carbocycles. The predicted molar refractivity (Wildman–Crippen MR) is 40.6 cm³/mol. The zero-order valence-electron chi connectivity index (χ0n) is 6.38. The van der Waals surface area contributed by atoms with Crippen molar-refractivity contribution in [3.05, 3.63) is 0 Å². The van der Waals surface area contributed by atoms with Crippen LogP contribution in [0.4, 0.5) is 0 Å². The van der Waals surface area contributed by atoms with Crippen molar-refractivity contribution >= 4 is 5.71 Å². The lowest BCUT2D eigenvalue weighted by Gasteiger charge is -2.10. The highest BCUT2D eigenvalue weighted by Crippen LogP contribution is 2.05. The Morgan fingerprint density at radius 3 is 3.00 bits per heavy atom. The van der Waals surface area contributed by atoms with Gasteiger partial charge in [-0.25, -0.2) is 0 Å². The highest BCUT2D eigenvalue weighted by molar-refractivity contribution is 5.87. The van der Waals surface area contributed by atoms with Gasteiger partial charge in [0.25, 0.3) is 0 Å². The normalized spacial score (nSPS) is 24.3. The van der Waals surface area contributed by atoms with E-state index >= 15 is 0 Å². The van der Waals surface area contributed by atoms with Gasteiger partial charge >= 0.3 is 0 Å². The van der Waals surface area contributed by atoms with Crippen LogP contribution in [0.5, 0.6) is 0 Å². The van der Waals surface area contributed by atoms with Crippen molar-refractivity contribution in [3.63, 3.8) is 0 Å². The molecule has 1 heterocycles. The zero-order valence-corrected chi connectivity index (χ0v) is 6.38. The molecular weight excluding hydrogens is 128 g/mol. The minimum atomic E-state index is 0.865. The molecule has 1 rings (SSSR count). The molecule has 0 bridgehead atoms. The van der Waals surface area contributed by atoms with Crippen LogP contribution in [-0.4, -0.2) is 35.5 Å². The van der Waals surface area contributed by atoms with Gasteiger partial charge in [-0.15, -0.1) is 0 Å². The molecule has 1 saturated heterocycles. The van der Waals surface area contributed by atoms with E-state index in [2.05, 4.69) is 17.0 Å². The maximum absolute atomic E-state index is 8.41. The van der Waals surface area contributed by atoms with E-state index in [-0.39, 0.29) is 0 Å². The second-order valence-electron chi connectivity index (χ2n) is 2.69. The predicted octanol–water partition coefficient (Wildman–Crippen LogP) is 0.932. The molecule has 58 valence electrons. The molecule has 0 radical (unpaired) electrons. The maximum atomic E-state index is 8.41. The molecule has 1 fully saturated rings. The first-order valence-electron chi connectivity index (χ1n) is 3.79. The summed E-state index contributed by atoms with van der Waals surface area (Å²) in [4.78, 5) is 2.30. The third-order valence-electron chi connectivity index (χ3n) is 1.80. The van der Waals surface area contributed by atoms with Crippen LogP contribution in [-0.2, 0) is 0 Å². The van der Waals surface area contributed by atoms with Gasteiger partial charge < -0.3 is 5.21 Å². The van der Waals surface area contributed by atoms with Crippen molar-refractivity contribution in [1.82, 2.24) is 4.90 Å². The van der Waals surface area contributed by atoms with Crippen molar-refractivity contribution in [1.29, 1.82) is 0 Å². The molecule has 0 aromatic heterocycles. The lowest BCUT2D eigenvalue weighted by atomic mass is 10.3. The van der Waals surface area contributed by atoms with Gasteiger partial charge in [-0.2, -0.15) is 0 Å².